The van der Waals surface area contributed by atoms with E-state index in [1.54, 1.807) is 33.5 Å². The van der Waals surface area contributed by atoms with E-state index in [-0.39, 0.29) is 6.03 Å². The average molecular weight is 344 g/mol. The topological polar surface area (TPSA) is 68.8 Å². The molecule has 2 rings (SSSR count). The molecule has 0 bridgehead atoms. The van der Waals surface area contributed by atoms with E-state index in [1.165, 1.54) is 5.56 Å². The van der Waals surface area contributed by atoms with Crippen molar-refractivity contribution >= 4 is 11.7 Å². The van der Waals surface area contributed by atoms with Crippen LogP contribution in [0.5, 0.6) is 17.2 Å². The molecule has 134 valence electrons. The van der Waals surface area contributed by atoms with Crippen LogP contribution < -0.4 is 24.8 Å². The SMILES string of the molecule is COc1cc(CNC(=O)Nc2ccc(C)c(C)c2)cc(OC)c1OC. The Hall–Kier alpha value is -2.89. The van der Waals surface area contributed by atoms with E-state index in [9.17, 15) is 4.79 Å². The largest absolute Gasteiger partial charge is 0.493 e. The van der Waals surface area contributed by atoms with Gasteiger partial charge in [-0.2, -0.15) is 0 Å². The predicted octanol–water partition coefficient (Wildman–Crippen LogP) is 3.65. The Bertz CT molecular complexity index is 734. The van der Waals surface area contributed by atoms with Crippen LogP contribution in [-0.2, 0) is 6.54 Å². The van der Waals surface area contributed by atoms with E-state index >= 15 is 0 Å². The van der Waals surface area contributed by atoms with Gasteiger partial charge in [0.25, 0.3) is 0 Å². The van der Waals surface area contributed by atoms with E-state index in [4.69, 9.17) is 14.2 Å². The zero-order chi connectivity index (χ0) is 18.4. The van der Waals surface area contributed by atoms with Crippen molar-refractivity contribution in [1.29, 1.82) is 0 Å². The molecule has 25 heavy (non-hydrogen) atoms. The Morgan fingerprint density at radius 3 is 2.08 bits per heavy atom. The highest BCUT2D eigenvalue weighted by molar-refractivity contribution is 5.89. The lowest BCUT2D eigenvalue weighted by molar-refractivity contribution is 0.251. The van der Waals surface area contributed by atoms with Crippen LogP contribution in [0.4, 0.5) is 10.5 Å². The number of benzene rings is 2. The molecule has 2 N–H and O–H groups in total. The first kappa shape index (κ1) is 18.4. The molecular weight excluding hydrogens is 320 g/mol. The normalized spacial score (nSPS) is 10.1. The average Bonchev–Trinajstić information content (AvgIpc) is 2.62. The Morgan fingerprint density at radius 1 is 0.920 bits per heavy atom. The molecule has 0 fully saturated rings. The van der Waals surface area contributed by atoms with Crippen molar-refractivity contribution in [3.8, 4) is 17.2 Å². The molecule has 0 saturated heterocycles. The molecule has 0 atom stereocenters. The van der Waals surface area contributed by atoms with Crippen molar-refractivity contribution in [1.82, 2.24) is 5.32 Å². The van der Waals surface area contributed by atoms with E-state index in [0.29, 0.717) is 23.8 Å². The number of carbonyl (C=O) groups excluding carboxylic acids is 1. The Labute approximate surface area is 148 Å². The molecule has 0 radical (unpaired) electrons. The van der Waals surface area contributed by atoms with Crippen LogP contribution in [0.25, 0.3) is 0 Å². The van der Waals surface area contributed by atoms with Crippen LogP contribution in [0.2, 0.25) is 0 Å². The van der Waals surface area contributed by atoms with Crippen molar-refractivity contribution in [3.63, 3.8) is 0 Å². The summed E-state index contributed by atoms with van der Waals surface area (Å²) in [6.45, 7) is 4.37. The standard InChI is InChI=1S/C19H24N2O4/c1-12-6-7-15(8-13(12)2)21-19(22)20-11-14-9-16(23-3)18(25-5)17(10-14)24-4/h6-10H,11H2,1-5H3,(H2,20,21,22). The maximum atomic E-state index is 12.1. The number of carbonyl (C=O) groups is 1. The summed E-state index contributed by atoms with van der Waals surface area (Å²) >= 11 is 0. The van der Waals surface area contributed by atoms with Crippen LogP contribution in [0.1, 0.15) is 16.7 Å². The number of anilines is 1. The Kier molecular flexibility index (Phi) is 6.11. The van der Waals surface area contributed by atoms with Crippen molar-refractivity contribution < 1.29 is 19.0 Å². The van der Waals surface area contributed by atoms with Gasteiger partial charge in [0.2, 0.25) is 5.75 Å². The van der Waals surface area contributed by atoms with Gasteiger partial charge in [-0.3, -0.25) is 0 Å². The number of methoxy groups -OCH3 is 3. The van der Waals surface area contributed by atoms with Crippen molar-refractivity contribution in [2.24, 2.45) is 0 Å². The maximum absolute atomic E-state index is 12.1. The number of aryl methyl sites for hydroxylation is 2. The Balaban J connectivity index is 2.04. The first-order valence-electron chi connectivity index (χ1n) is 7.89. The lowest BCUT2D eigenvalue weighted by Gasteiger charge is -2.15. The summed E-state index contributed by atoms with van der Waals surface area (Å²) < 4.78 is 15.9. The van der Waals surface area contributed by atoms with Gasteiger partial charge in [-0.1, -0.05) is 6.07 Å². The number of urea groups is 1. The molecule has 0 aliphatic heterocycles. The summed E-state index contributed by atoms with van der Waals surface area (Å²) in [5, 5.41) is 5.64. The molecule has 0 aliphatic rings. The second kappa shape index (κ2) is 8.28. The predicted molar refractivity (Wildman–Crippen MR) is 97.9 cm³/mol. The van der Waals surface area contributed by atoms with Gasteiger partial charge in [-0.05, 0) is 54.8 Å². The smallest absolute Gasteiger partial charge is 0.319 e. The molecule has 2 aromatic carbocycles. The molecule has 0 spiro atoms. The van der Waals surface area contributed by atoms with Crippen LogP contribution in [0.3, 0.4) is 0 Å². The Morgan fingerprint density at radius 2 is 1.56 bits per heavy atom. The van der Waals surface area contributed by atoms with Gasteiger partial charge in [-0.15, -0.1) is 0 Å². The second-order valence-corrected chi connectivity index (χ2v) is 5.64. The van der Waals surface area contributed by atoms with E-state index in [2.05, 4.69) is 10.6 Å². The van der Waals surface area contributed by atoms with E-state index < -0.39 is 0 Å². The molecule has 0 unspecified atom stereocenters. The first-order valence-corrected chi connectivity index (χ1v) is 7.89. The summed E-state index contributed by atoms with van der Waals surface area (Å²) in [4.78, 5) is 12.1. The van der Waals surface area contributed by atoms with Crippen LogP contribution >= 0.6 is 0 Å². The number of amides is 2. The summed E-state index contributed by atoms with van der Waals surface area (Å²) in [5.41, 5.74) is 3.90. The zero-order valence-electron chi connectivity index (χ0n) is 15.2. The van der Waals surface area contributed by atoms with Crippen molar-refractivity contribution in [2.75, 3.05) is 26.6 Å². The van der Waals surface area contributed by atoms with Gasteiger partial charge in [0, 0.05) is 12.2 Å². The third-order valence-electron chi connectivity index (χ3n) is 3.94. The highest BCUT2D eigenvalue weighted by Crippen LogP contribution is 2.38. The molecule has 6 heteroatoms. The molecule has 0 aromatic heterocycles. The molecule has 0 aliphatic carbocycles. The maximum Gasteiger partial charge on any atom is 0.319 e. The fourth-order valence-electron chi connectivity index (χ4n) is 2.41. The van der Waals surface area contributed by atoms with Gasteiger partial charge in [0.15, 0.2) is 11.5 Å². The summed E-state index contributed by atoms with van der Waals surface area (Å²) in [6, 6.07) is 9.12. The van der Waals surface area contributed by atoms with Crippen LogP contribution in [-0.4, -0.2) is 27.4 Å². The highest BCUT2D eigenvalue weighted by atomic mass is 16.5. The zero-order valence-corrected chi connectivity index (χ0v) is 15.2. The highest BCUT2D eigenvalue weighted by Gasteiger charge is 2.13. The number of hydrogen-bond acceptors (Lipinski definition) is 4. The summed E-state index contributed by atoms with van der Waals surface area (Å²) in [7, 11) is 4.66. The molecule has 2 amide bonds. The minimum atomic E-state index is -0.281. The first-order chi connectivity index (χ1) is 12.0. The minimum absolute atomic E-state index is 0.281. The minimum Gasteiger partial charge on any atom is -0.493 e. The number of rotatable bonds is 6. The quantitative estimate of drug-likeness (QED) is 0.839. The van der Waals surface area contributed by atoms with Gasteiger partial charge < -0.3 is 24.8 Å². The van der Waals surface area contributed by atoms with E-state index in [1.807, 2.05) is 32.0 Å². The fourth-order valence-corrected chi connectivity index (χ4v) is 2.41. The fraction of sp³-hybridized carbons (Fsp3) is 0.316. The molecule has 0 saturated carbocycles. The van der Waals surface area contributed by atoms with Crippen molar-refractivity contribution in [3.05, 3.63) is 47.0 Å². The summed E-state index contributed by atoms with van der Waals surface area (Å²) in [5.74, 6) is 1.62. The second-order valence-electron chi connectivity index (χ2n) is 5.64. The lowest BCUT2D eigenvalue weighted by Crippen LogP contribution is -2.28. The monoisotopic (exact) mass is 344 g/mol. The van der Waals surface area contributed by atoms with E-state index in [0.717, 1.165) is 16.8 Å². The van der Waals surface area contributed by atoms with Gasteiger partial charge >= 0.3 is 6.03 Å². The van der Waals surface area contributed by atoms with Gasteiger partial charge in [0.1, 0.15) is 0 Å². The number of hydrogen-bond donors (Lipinski definition) is 2. The number of nitrogens with one attached hydrogen (secondary N) is 2. The lowest BCUT2D eigenvalue weighted by atomic mass is 10.1. The molecule has 6 nitrogen and oxygen atoms in total. The third-order valence-corrected chi connectivity index (χ3v) is 3.94. The molecule has 2 aromatic rings. The summed E-state index contributed by atoms with van der Waals surface area (Å²) in [6.07, 6.45) is 0. The van der Waals surface area contributed by atoms with Gasteiger partial charge in [-0.25, -0.2) is 4.79 Å². The van der Waals surface area contributed by atoms with Crippen LogP contribution in [0.15, 0.2) is 30.3 Å². The third kappa shape index (κ3) is 4.56. The van der Waals surface area contributed by atoms with Gasteiger partial charge in [0.05, 0.1) is 21.3 Å². The van der Waals surface area contributed by atoms with Crippen molar-refractivity contribution in [2.45, 2.75) is 20.4 Å². The number of ether oxygens (including phenoxy) is 3. The molecule has 0 heterocycles. The molecular formula is C19H24N2O4. The van der Waals surface area contributed by atoms with Crippen LogP contribution in [0, 0.1) is 13.8 Å².